The standard InChI is InChI=1S/C15H15BrO/c1-9-8-13(9)15(17)12-6-7-14(16)11-5-3-2-4-10(11)12/h2-7,9,13,15,17H,8H2,1H3. The van der Waals surface area contributed by atoms with Gasteiger partial charge >= 0.3 is 0 Å². The monoisotopic (exact) mass is 290 g/mol. The third-order valence-corrected chi connectivity index (χ3v) is 4.49. The van der Waals surface area contributed by atoms with Crippen LogP contribution in [0.25, 0.3) is 10.8 Å². The van der Waals surface area contributed by atoms with Gasteiger partial charge in [0.1, 0.15) is 0 Å². The molecule has 2 aromatic rings. The lowest BCUT2D eigenvalue weighted by Gasteiger charge is -2.14. The number of halogens is 1. The van der Waals surface area contributed by atoms with Crippen LogP contribution < -0.4 is 0 Å². The van der Waals surface area contributed by atoms with E-state index in [2.05, 4.69) is 35.0 Å². The van der Waals surface area contributed by atoms with Crippen molar-refractivity contribution in [3.8, 4) is 0 Å². The van der Waals surface area contributed by atoms with Crippen LogP contribution in [0.3, 0.4) is 0 Å². The smallest absolute Gasteiger partial charge is 0.0826 e. The Morgan fingerprint density at radius 1 is 1.18 bits per heavy atom. The third-order valence-electron chi connectivity index (χ3n) is 3.80. The number of fused-ring (bicyclic) bond motifs is 1. The Morgan fingerprint density at radius 2 is 1.82 bits per heavy atom. The predicted molar refractivity (Wildman–Crippen MR) is 73.9 cm³/mol. The summed E-state index contributed by atoms with van der Waals surface area (Å²) in [6.07, 6.45) is 0.828. The van der Waals surface area contributed by atoms with Gasteiger partial charge in [0.05, 0.1) is 6.10 Å². The second-order valence-electron chi connectivity index (χ2n) is 5.00. The average Bonchev–Trinajstić information content (AvgIpc) is 3.07. The molecule has 1 fully saturated rings. The predicted octanol–water partition coefficient (Wildman–Crippen LogP) is 4.29. The molecule has 1 saturated carbocycles. The lowest BCUT2D eigenvalue weighted by atomic mass is 9.97. The Morgan fingerprint density at radius 3 is 2.47 bits per heavy atom. The van der Waals surface area contributed by atoms with E-state index in [-0.39, 0.29) is 6.10 Å². The topological polar surface area (TPSA) is 20.2 Å². The molecule has 0 bridgehead atoms. The summed E-state index contributed by atoms with van der Waals surface area (Å²) in [5.74, 6) is 1.10. The van der Waals surface area contributed by atoms with Crippen LogP contribution in [0.15, 0.2) is 40.9 Å². The van der Waals surface area contributed by atoms with Crippen molar-refractivity contribution in [2.75, 3.05) is 0 Å². The van der Waals surface area contributed by atoms with Gasteiger partial charge in [0, 0.05) is 4.47 Å². The van der Waals surface area contributed by atoms with Crippen LogP contribution in [0.1, 0.15) is 25.0 Å². The van der Waals surface area contributed by atoms with Crippen LogP contribution in [0.5, 0.6) is 0 Å². The minimum Gasteiger partial charge on any atom is -0.388 e. The third kappa shape index (κ3) is 1.90. The van der Waals surface area contributed by atoms with Crippen LogP contribution in [0, 0.1) is 11.8 Å². The molecule has 1 aliphatic carbocycles. The van der Waals surface area contributed by atoms with Gasteiger partial charge in [-0.25, -0.2) is 0 Å². The normalized spacial score (nSPS) is 24.9. The molecule has 0 saturated heterocycles. The van der Waals surface area contributed by atoms with Crippen molar-refractivity contribution < 1.29 is 5.11 Å². The van der Waals surface area contributed by atoms with Crippen LogP contribution in [0.4, 0.5) is 0 Å². The zero-order valence-corrected chi connectivity index (χ0v) is 11.3. The van der Waals surface area contributed by atoms with E-state index in [1.54, 1.807) is 0 Å². The molecule has 3 atom stereocenters. The average molecular weight is 291 g/mol. The maximum absolute atomic E-state index is 10.4. The van der Waals surface area contributed by atoms with E-state index in [0.29, 0.717) is 11.8 Å². The van der Waals surface area contributed by atoms with E-state index >= 15 is 0 Å². The van der Waals surface area contributed by atoms with Gasteiger partial charge in [-0.3, -0.25) is 0 Å². The maximum Gasteiger partial charge on any atom is 0.0826 e. The SMILES string of the molecule is CC1CC1C(O)c1ccc(Br)c2ccccc12. The van der Waals surface area contributed by atoms with Crippen LogP contribution in [-0.4, -0.2) is 5.11 Å². The minimum absolute atomic E-state index is 0.317. The Labute approximate surface area is 110 Å². The Kier molecular flexibility index (Phi) is 2.72. The molecule has 0 spiro atoms. The second-order valence-corrected chi connectivity index (χ2v) is 5.86. The molecular formula is C15H15BrO. The first-order chi connectivity index (χ1) is 8.18. The first-order valence-corrected chi connectivity index (χ1v) is 6.83. The molecule has 3 unspecified atom stereocenters. The van der Waals surface area contributed by atoms with E-state index in [9.17, 15) is 5.11 Å². The van der Waals surface area contributed by atoms with Gasteiger partial charge < -0.3 is 5.11 Å². The molecule has 0 amide bonds. The molecule has 88 valence electrons. The van der Waals surface area contributed by atoms with Crippen molar-refractivity contribution >= 4 is 26.7 Å². The molecule has 17 heavy (non-hydrogen) atoms. The zero-order chi connectivity index (χ0) is 12.0. The molecule has 0 heterocycles. The van der Waals surface area contributed by atoms with E-state index in [0.717, 1.165) is 21.8 Å². The summed E-state index contributed by atoms with van der Waals surface area (Å²) in [5, 5.41) is 12.7. The molecule has 0 aromatic heterocycles. The fourth-order valence-electron chi connectivity index (χ4n) is 2.56. The molecule has 1 aliphatic rings. The molecular weight excluding hydrogens is 276 g/mol. The highest BCUT2D eigenvalue weighted by atomic mass is 79.9. The van der Waals surface area contributed by atoms with Gasteiger partial charge in [-0.15, -0.1) is 0 Å². The van der Waals surface area contributed by atoms with Crippen molar-refractivity contribution in [3.63, 3.8) is 0 Å². The highest BCUT2D eigenvalue weighted by Crippen LogP contribution is 2.48. The zero-order valence-electron chi connectivity index (χ0n) is 9.73. The molecule has 2 aromatic carbocycles. The number of aliphatic hydroxyl groups excluding tert-OH is 1. The fraction of sp³-hybridized carbons (Fsp3) is 0.333. The van der Waals surface area contributed by atoms with Crippen molar-refractivity contribution in [1.29, 1.82) is 0 Å². The number of rotatable bonds is 2. The van der Waals surface area contributed by atoms with Gasteiger partial charge in [0.2, 0.25) is 0 Å². The summed E-state index contributed by atoms with van der Waals surface area (Å²) in [6, 6.07) is 12.3. The Hall–Kier alpha value is -0.860. The first-order valence-electron chi connectivity index (χ1n) is 6.03. The molecule has 0 radical (unpaired) electrons. The van der Waals surface area contributed by atoms with Gasteiger partial charge in [-0.2, -0.15) is 0 Å². The van der Waals surface area contributed by atoms with E-state index in [1.807, 2.05) is 24.3 Å². The number of hydrogen-bond donors (Lipinski definition) is 1. The number of aliphatic hydroxyl groups is 1. The molecule has 0 aliphatic heterocycles. The van der Waals surface area contributed by atoms with Gasteiger partial charge in [0.25, 0.3) is 0 Å². The summed E-state index contributed by atoms with van der Waals surface area (Å²) in [7, 11) is 0. The largest absolute Gasteiger partial charge is 0.388 e. The summed E-state index contributed by atoms with van der Waals surface area (Å²) in [5.41, 5.74) is 1.07. The van der Waals surface area contributed by atoms with Gasteiger partial charge in [-0.1, -0.05) is 53.2 Å². The van der Waals surface area contributed by atoms with Crippen molar-refractivity contribution in [2.45, 2.75) is 19.4 Å². The first kappa shape index (κ1) is 11.2. The summed E-state index contributed by atoms with van der Waals surface area (Å²) < 4.78 is 1.09. The quantitative estimate of drug-likeness (QED) is 0.875. The highest BCUT2D eigenvalue weighted by molar-refractivity contribution is 9.10. The van der Waals surface area contributed by atoms with E-state index in [1.165, 1.54) is 5.39 Å². The van der Waals surface area contributed by atoms with Crippen LogP contribution in [0.2, 0.25) is 0 Å². The van der Waals surface area contributed by atoms with E-state index in [4.69, 9.17) is 0 Å². The van der Waals surface area contributed by atoms with Crippen LogP contribution in [-0.2, 0) is 0 Å². The Bertz CT molecular complexity index is 564. The Balaban J connectivity index is 2.13. The molecule has 1 nitrogen and oxygen atoms in total. The van der Waals surface area contributed by atoms with Crippen molar-refractivity contribution in [3.05, 3.63) is 46.4 Å². The summed E-state index contributed by atoms with van der Waals surface area (Å²) in [6.45, 7) is 2.20. The highest BCUT2D eigenvalue weighted by Gasteiger charge is 2.39. The minimum atomic E-state index is -0.317. The number of benzene rings is 2. The molecule has 1 N–H and O–H groups in total. The molecule has 3 rings (SSSR count). The lowest BCUT2D eigenvalue weighted by Crippen LogP contribution is -2.02. The summed E-state index contributed by atoms with van der Waals surface area (Å²) in [4.78, 5) is 0. The van der Waals surface area contributed by atoms with Gasteiger partial charge in [-0.05, 0) is 40.7 Å². The lowest BCUT2D eigenvalue weighted by molar-refractivity contribution is 0.149. The fourth-order valence-corrected chi connectivity index (χ4v) is 3.04. The maximum atomic E-state index is 10.4. The van der Waals surface area contributed by atoms with Gasteiger partial charge in [0.15, 0.2) is 0 Å². The van der Waals surface area contributed by atoms with Crippen LogP contribution >= 0.6 is 15.9 Å². The second kappa shape index (κ2) is 4.11. The molecule has 2 heteroatoms. The van der Waals surface area contributed by atoms with Crippen molar-refractivity contribution in [1.82, 2.24) is 0 Å². The van der Waals surface area contributed by atoms with E-state index < -0.39 is 0 Å². The van der Waals surface area contributed by atoms with Crippen molar-refractivity contribution in [2.24, 2.45) is 11.8 Å². The summed E-state index contributed by atoms with van der Waals surface area (Å²) >= 11 is 3.56. The number of hydrogen-bond acceptors (Lipinski definition) is 1.